The van der Waals surface area contributed by atoms with Gasteiger partial charge in [0, 0.05) is 11.3 Å². The predicted octanol–water partition coefficient (Wildman–Crippen LogP) is 4.79. The lowest BCUT2D eigenvalue weighted by atomic mass is 10.1. The molecule has 2 aromatic heterocycles. The largest absolute Gasteiger partial charge is 0.313 e. The van der Waals surface area contributed by atoms with Crippen LogP contribution in [0, 0.1) is 13.8 Å². The Bertz CT molecular complexity index is 1310. The molecule has 172 valence electrons. The number of H-pyrrole nitrogens is 1. The summed E-state index contributed by atoms with van der Waals surface area (Å²) in [5, 5.41) is 16.6. The van der Waals surface area contributed by atoms with Crippen molar-refractivity contribution in [2.24, 2.45) is 5.10 Å². The summed E-state index contributed by atoms with van der Waals surface area (Å²) >= 11 is 2.80. The van der Waals surface area contributed by atoms with E-state index in [2.05, 4.69) is 31.0 Å². The van der Waals surface area contributed by atoms with E-state index in [0.717, 1.165) is 22.3 Å². The van der Waals surface area contributed by atoms with Gasteiger partial charge in [0.15, 0.2) is 5.16 Å². The number of anilines is 1. The Balaban J connectivity index is 1.41. The standard InChI is InChI=1S/C24H22N6O2S2/c1-15-6-8-17(9-7-15)11-26-29-22(32)20-16(2)12-33-23(20)28-21(31)19-5-3-4-18(10-19)13-34-24-25-14-27-30-24/h3-12,14H,13H2,1-2H3,(H,28,31)(H,29,32)(H,25,27,30). The number of carbonyl (C=O) groups excluding carboxylic acids is 2. The number of hydrogen-bond donors (Lipinski definition) is 3. The van der Waals surface area contributed by atoms with Crippen LogP contribution in [0.25, 0.3) is 0 Å². The van der Waals surface area contributed by atoms with Gasteiger partial charge in [-0.25, -0.2) is 10.4 Å². The number of nitrogens with one attached hydrogen (secondary N) is 3. The minimum Gasteiger partial charge on any atom is -0.313 e. The number of aromatic nitrogens is 3. The Morgan fingerprint density at radius 1 is 1.15 bits per heavy atom. The van der Waals surface area contributed by atoms with Crippen LogP contribution in [-0.2, 0) is 5.75 Å². The van der Waals surface area contributed by atoms with Gasteiger partial charge in [0.05, 0.1) is 11.8 Å². The van der Waals surface area contributed by atoms with Gasteiger partial charge in [-0.1, -0.05) is 53.7 Å². The van der Waals surface area contributed by atoms with E-state index >= 15 is 0 Å². The molecule has 3 N–H and O–H groups in total. The van der Waals surface area contributed by atoms with Crippen molar-refractivity contribution in [1.29, 1.82) is 0 Å². The molecule has 0 aliphatic rings. The van der Waals surface area contributed by atoms with Crippen LogP contribution in [0.1, 0.15) is 43.0 Å². The van der Waals surface area contributed by atoms with E-state index < -0.39 is 0 Å². The smallest absolute Gasteiger partial charge is 0.274 e. The molecule has 4 rings (SSSR count). The molecule has 0 aliphatic heterocycles. The summed E-state index contributed by atoms with van der Waals surface area (Å²) in [4.78, 5) is 29.8. The predicted molar refractivity (Wildman–Crippen MR) is 136 cm³/mol. The van der Waals surface area contributed by atoms with Gasteiger partial charge in [0.2, 0.25) is 0 Å². The summed E-state index contributed by atoms with van der Waals surface area (Å²) in [5.74, 6) is -0.0265. The van der Waals surface area contributed by atoms with E-state index in [1.807, 2.05) is 61.7 Å². The van der Waals surface area contributed by atoms with E-state index in [9.17, 15) is 9.59 Å². The number of nitrogens with zero attached hydrogens (tertiary/aromatic N) is 3. The number of carbonyl (C=O) groups is 2. The number of benzene rings is 2. The number of thiophene rings is 1. The molecule has 8 nitrogen and oxygen atoms in total. The molecule has 0 radical (unpaired) electrons. The Morgan fingerprint density at radius 2 is 1.97 bits per heavy atom. The van der Waals surface area contributed by atoms with Crippen molar-refractivity contribution in [2.45, 2.75) is 24.8 Å². The molecule has 0 atom stereocenters. The second kappa shape index (κ2) is 10.9. The molecule has 0 aliphatic carbocycles. The van der Waals surface area contributed by atoms with Gasteiger partial charge in [-0.05, 0) is 48.1 Å². The van der Waals surface area contributed by atoms with E-state index in [1.54, 1.807) is 12.3 Å². The first kappa shape index (κ1) is 23.4. The fourth-order valence-electron chi connectivity index (χ4n) is 3.09. The average molecular weight is 491 g/mol. The lowest BCUT2D eigenvalue weighted by molar-refractivity contribution is 0.0956. The average Bonchev–Trinajstić information content (AvgIpc) is 3.49. The number of thioether (sulfide) groups is 1. The lowest BCUT2D eigenvalue weighted by Crippen LogP contribution is -2.21. The van der Waals surface area contributed by atoms with Crippen molar-refractivity contribution in [2.75, 3.05) is 5.32 Å². The van der Waals surface area contributed by atoms with Gasteiger partial charge in [-0.15, -0.1) is 11.3 Å². The monoisotopic (exact) mass is 490 g/mol. The molecule has 34 heavy (non-hydrogen) atoms. The molecule has 0 bridgehead atoms. The molecule has 0 fully saturated rings. The molecule has 0 spiro atoms. The van der Waals surface area contributed by atoms with E-state index in [1.165, 1.54) is 29.4 Å². The van der Waals surface area contributed by atoms with E-state index in [0.29, 0.717) is 27.0 Å². The molecule has 0 unspecified atom stereocenters. The van der Waals surface area contributed by atoms with E-state index in [4.69, 9.17) is 0 Å². The van der Waals surface area contributed by atoms with Gasteiger partial charge in [-0.3, -0.25) is 14.7 Å². The van der Waals surface area contributed by atoms with Gasteiger partial charge in [0.25, 0.3) is 11.8 Å². The molecule has 4 aromatic rings. The van der Waals surface area contributed by atoms with Crippen LogP contribution in [0.2, 0.25) is 0 Å². The van der Waals surface area contributed by atoms with Crippen molar-refractivity contribution in [3.05, 3.63) is 93.6 Å². The summed E-state index contributed by atoms with van der Waals surface area (Å²) in [6, 6.07) is 15.1. The van der Waals surface area contributed by atoms with Crippen LogP contribution in [0.5, 0.6) is 0 Å². The molecule has 0 saturated heterocycles. The summed E-state index contributed by atoms with van der Waals surface area (Å²) in [6.07, 6.45) is 3.04. The second-order valence-electron chi connectivity index (χ2n) is 7.47. The van der Waals surface area contributed by atoms with Crippen molar-refractivity contribution >= 4 is 46.1 Å². The second-order valence-corrected chi connectivity index (χ2v) is 9.31. The van der Waals surface area contributed by atoms with E-state index in [-0.39, 0.29) is 11.8 Å². The highest BCUT2D eigenvalue weighted by molar-refractivity contribution is 7.98. The Morgan fingerprint density at radius 3 is 2.74 bits per heavy atom. The topological polar surface area (TPSA) is 112 Å². The molecule has 2 heterocycles. The molecular weight excluding hydrogens is 468 g/mol. The van der Waals surface area contributed by atoms with Crippen LogP contribution in [0.15, 0.2) is 70.5 Å². The van der Waals surface area contributed by atoms with Gasteiger partial charge in [0.1, 0.15) is 11.3 Å². The number of rotatable bonds is 8. The fourth-order valence-corrected chi connectivity index (χ4v) is 4.74. The minimum atomic E-state index is -0.380. The molecular formula is C24H22N6O2S2. The Kier molecular flexibility index (Phi) is 7.51. The first-order chi connectivity index (χ1) is 16.5. The van der Waals surface area contributed by atoms with Gasteiger partial charge < -0.3 is 5.32 Å². The Labute approximate surface area is 204 Å². The Hall–Kier alpha value is -3.76. The fraction of sp³-hybridized carbons (Fsp3) is 0.125. The molecule has 0 saturated carbocycles. The van der Waals surface area contributed by atoms with Crippen LogP contribution < -0.4 is 10.7 Å². The number of amides is 2. The summed E-state index contributed by atoms with van der Waals surface area (Å²) in [7, 11) is 0. The third kappa shape index (κ3) is 5.97. The SMILES string of the molecule is Cc1ccc(C=NNC(=O)c2c(C)csc2NC(=O)c2cccc(CSc3ncn[nH]3)c2)cc1. The first-order valence-corrected chi connectivity index (χ1v) is 12.2. The molecule has 2 aromatic carbocycles. The zero-order valence-electron chi connectivity index (χ0n) is 18.5. The zero-order valence-corrected chi connectivity index (χ0v) is 20.2. The summed E-state index contributed by atoms with van der Waals surface area (Å²) in [6.45, 7) is 3.83. The molecule has 2 amide bonds. The number of hydrogen-bond acceptors (Lipinski definition) is 7. The number of hydrazone groups is 1. The van der Waals surface area contributed by atoms with Crippen LogP contribution in [-0.4, -0.2) is 33.2 Å². The van der Waals surface area contributed by atoms with Gasteiger partial charge in [-0.2, -0.15) is 10.2 Å². The van der Waals surface area contributed by atoms with Crippen molar-refractivity contribution in [1.82, 2.24) is 20.6 Å². The number of aromatic amines is 1. The third-order valence-electron chi connectivity index (χ3n) is 4.84. The maximum Gasteiger partial charge on any atom is 0.274 e. The lowest BCUT2D eigenvalue weighted by Gasteiger charge is -2.08. The minimum absolute atomic E-state index is 0.287. The van der Waals surface area contributed by atoms with Crippen LogP contribution >= 0.6 is 23.1 Å². The third-order valence-corrected chi connectivity index (χ3v) is 6.80. The highest BCUT2D eigenvalue weighted by Crippen LogP contribution is 2.28. The summed E-state index contributed by atoms with van der Waals surface area (Å²) in [5.41, 5.74) is 7.22. The van der Waals surface area contributed by atoms with Crippen molar-refractivity contribution < 1.29 is 9.59 Å². The highest BCUT2D eigenvalue weighted by Gasteiger charge is 2.19. The zero-order chi connectivity index (χ0) is 23.9. The quantitative estimate of drug-likeness (QED) is 0.187. The van der Waals surface area contributed by atoms with Crippen molar-refractivity contribution in [3.63, 3.8) is 0 Å². The van der Waals surface area contributed by atoms with Crippen LogP contribution in [0.4, 0.5) is 5.00 Å². The number of aryl methyl sites for hydroxylation is 2. The van der Waals surface area contributed by atoms with Gasteiger partial charge >= 0.3 is 0 Å². The van der Waals surface area contributed by atoms with Crippen molar-refractivity contribution in [3.8, 4) is 0 Å². The maximum absolute atomic E-state index is 12.9. The maximum atomic E-state index is 12.9. The highest BCUT2D eigenvalue weighted by atomic mass is 32.2. The van der Waals surface area contributed by atoms with Crippen LogP contribution in [0.3, 0.4) is 0 Å². The summed E-state index contributed by atoms with van der Waals surface area (Å²) < 4.78 is 0. The normalized spacial score (nSPS) is 11.0. The molecule has 10 heteroatoms. The first-order valence-electron chi connectivity index (χ1n) is 10.4.